The van der Waals surface area contributed by atoms with Crippen molar-refractivity contribution < 1.29 is 23.9 Å². The molecule has 0 aliphatic carbocycles. The van der Waals surface area contributed by atoms with E-state index in [1.807, 2.05) is 19.9 Å². The van der Waals surface area contributed by atoms with Gasteiger partial charge in [0.25, 0.3) is 11.8 Å². The van der Waals surface area contributed by atoms with E-state index in [0.29, 0.717) is 12.1 Å². The number of esters is 1. The van der Waals surface area contributed by atoms with E-state index in [1.54, 1.807) is 36.4 Å². The molecule has 2 aromatic rings. The van der Waals surface area contributed by atoms with Gasteiger partial charge in [0.15, 0.2) is 6.61 Å². The molecule has 0 radical (unpaired) electrons. The summed E-state index contributed by atoms with van der Waals surface area (Å²) >= 11 is 0. The van der Waals surface area contributed by atoms with Crippen LogP contribution in [0.25, 0.3) is 0 Å². The minimum atomic E-state index is -0.795. The van der Waals surface area contributed by atoms with Crippen LogP contribution in [0.1, 0.15) is 46.0 Å². The number of anilines is 1. The Morgan fingerprint density at radius 2 is 1.77 bits per heavy atom. The average molecular weight is 411 g/mol. The highest BCUT2D eigenvalue weighted by molar-refractivity contribution is 6.08. The maximum atomic E-state index is 12.5. The van der Waals surface area contributed by atoms with Crippen molar-refractivity contribution in [2.75, 3.05) is 18.5 Å². The normalized spacial score (nSPS) is 10.1. The molecule has 0 fully saturated rings. The van der Waals surface area contributed by atoms with Crippen molar-refractivity contribution in [2.45, 2.75) is 26.7 Å². The number of nitrogens with one attached hydrogen (secondary N) is 3. The Bertz CT molecular complexity index is 926. The van der Waals surface area contributed by atoms with Crippen molar-refractivity contribution in [3.05, 3.63) is 65.2 Å². The Kier molecular flexibility index (Phi) is 8.56. The molecule has 0 spiro atoms. The molecular formula is C22H25N3O5. The van der Waals surface area contributed by atoms with Gasteiger partial charge in [0.2, 0.25) is 0 Å². The van der Waals surface area contributed by atoms with Crippen LogP contribution in [0.15, 0.2) is 48.5 Å². The zero-order chi connectivity index (χ0) is 21.9. The molecule has 0 bridgehead atoms. The summed E-state index contributed by atoms with van der Waals surface area (Å²) in [4.78, 5) is 48.2. The van der Waals surface area contributed by atoms with Gasteiger partial charge < -0.3 is 15.4 Å². The summed E-state index contributed by atoms with van der Waals surface area (Å²) in [5.74, 6) is -1.92. The van der Waals surface area contributed by atoms with Crippen LogP contribution >= 0.6 is 0 Å². The van der Waals surface area contributed by atoms with E-state index < -0.39 is 24.5 Å². The maximum Gasteiger partial charge on any atom is 0.340 e. The third kappa shape index (κ3) is 7.05. The number of imide groups is 1. The molecule has 158 valence electrons. The topological polar surface area (TPSA) is 114 Å². The van der Waals surface area contributed by atoms with Crippen LogP contribution in [0.4, 0.5) is 10.5 Å². The van der Waals surface area contributed by atoms with Gasteiger partial charge in [0.1, 0.15) is 0 Å². The zero-order valence-corrected chi connectivity index (χ0v) is 17.0. The summed E-state index contributed by atoms with van der Waals surface area (Å²) in [6, 6.07) is 12.7. The number of hydrogen-bond acceptors (Lipinski definition) is 5. The minimum absolute atomic E-state index is 0.0960. The molecular weight excluding hydrogens is 386 g/mol. The first-order valence-electron chi connectivity index (χ1n) is 9.62. The Labute approximate surface area is 175 Å². The summed E-state index contributed by atoms with van der Waals surface area (Å²) in [7, 11) is 0. The van der Waals surface area contributed by atoms with Gasteiger partial charge in [-0.2, -0.15) is 0 Å². The number of carbonyl (C=O) groups excluding carboxylic acids is 4. The van der Waals surface area contributed by atoms with Crippen molar-refractivity contribution in [3.8, 4) is 0 Å². The van der Waals surface area contributed by atoms with E-state index in [1.165, 1.54) is 6.07 Å². The monoisotopic (exact) mass is 411 g/mol. The standard InChI is InChI=1S/C22H25N3O5/c1-3-4-12-23-22(29)25-19(26)14-30-21(28)17-10-5-6-11-18(17)24-20(27)16-9-7-8-15(2)13-16/h5-11,13H,3-4,12,14H2,1-2H3,(H,24,27)(H2,23,25,26,29). The highest BCUT2D eigenvalue weighted by Gasteiger charge is 2.17. The van der Waals surface area contributed by atoms with E-state index in [9.17, 15) is 19.2 Å². The number of ether oxygens (including phenoxy) is 1. The first kappa shape index (κ1) is 22.6. The highest BCUT2D eigenvalue weighted by Crippen LogP contribution is 2.18. The van der Waals surface area contributed by atoms with Crippen LogP contribution < -0.4 is 16.0 Å². The van der Waals surface area contributed by atoms with Gasteiger partial charge in [-0.25, -0.2) is 9.59 Å². The highest BCUT2D eigenvalue weighted by atomic mass is 16.5. The quantitative estimate of drug-likeness (QED) is 0.456. The Morgan fingerprint density at radius 1 is 1.00 bits per heavy atom. The van der Waals surface area contributed by atoms with Gasteiger partial charge >= 0.3 is 12.0 Å². The van der Waals surface area contributed by atoms with Gasteiger partial charge in [-0.3, -0.25) is 14.9 Å². The number of hydrogen-bond donors (Lipinski definition) is 3. The second kappa shape index (κ2) is 11.4. The average Bonchev–Trinajstić information content (AvgIpc) is 2.72. The molecule has 0 unspecified atom stereocenters. The summed E-state index contributed by atoms with van der Waals surface area (Å²) in [5.41, 5.74) is 1.73. The predicted molar refractivity (Wildman–Crippen MR) is 112 cm³/mol. The Morgan fingerprint density at radius 3 is 2.50 bits per heavy atom. The molecule has 0 saturated heterocycles. The number of benzene rings is 2. The summed E-state index contributed by atoms with van der Waals surface area (Å²) in [5, 5.41) is 7.29. The van der Waals surface area contributed by atoms with Crippen LogP contribution in [-0.2, 0) is 9.53 Å². The molecule has 0 aromatic heterocycles. The van der Waals surface area contributed by atoms with Crippen molar-refractivity contribution in [3.63, 3.8) is 0 Å². The third-order valence-corrected chi connectivity index (χ3v) is 4.08. The van der Waals surface area contributed by atoms with Gasteiger partial charge in [-0.15, -0.1) is 0 Å². The second-order valence-electron chi connectivity index (χ2n) is 6.60. The zero-order valence-electron chi connectivity index (χ0n) is 17.0. The number of aryl methyl sites for hydroxylation is 1. The Balaban J connectivity index is 1.94. The van der Waals surface area contributed by atoms with E-state index in [0.717, 1.165) is 18.4 Å². The number of para-hydroxylation sites is 1. The summed E-state index contributed by atoms with van der Waals surface area (Å²) < 4.78 is 4.98. The third-order valence-electron chi connectivity index (χ3n) is 4.08. The van der Waals surface area contributed by atoms with E-state index in [4.69, 9.17) is 4.74 Å². The minimum Gasteiger partial charge on any atom is -0.452 e. The molecule has 0 saturated carbocycles. The van der Waals surface area contributed by atoms with Crippen molar-refractivity contribution in [1.29, 1.82) is 0 Å². The van der Waals surface area contributed by atoms with Crippen LogP contribution in [0.3, 0.4) is 0 Å². The van der Waals surface area contributed by atoms with Crippen LogP contribution in [-0.4, -0.2) is 37.0 Å². The molecule has 0 heterocycles. The fourth-order valence-electron chi connectivity index (χ4n) is 2.55. The number of rotatable bonds is 8. The lowest BCUT2D eigenvalue weighted by Gasteiger charge is -2.11. The van der Waals surface area contributed by atoms with E-state index in [-0.39, 0.29) is 17.2 Å². The van der Waals surface area contributed by atoms with Gasteiger partial charge in [0.05, 0.1) is 11.3 Å². The van der Waals surface area contributed by atoms with Crippen molar-refractivity contribution >= 4 is 29.5 Å². The first-order valence-corrected chi connectivity index (χ1v) is 9.62. The number of unbranched alkanes of at least 4 members (excludes halogenated alkanes) is 1. The van der Waals surface area contributed by atoms with Crippen LogP contribution in [0.5, 0.6) is 0 Å². The molecule has 8 nitrogen and oxygen atoms in total. The van der Waals surface area contributed by atoms with Crippen LogP contribution in [0.2, 0.25) is 0 Å². The number of amides is 4. The van der Waals surface area contributed by atoms with E-state index >= 15 is 0 Å². The molecule has 0 atom stereocenters. The van der Waals surface area contributed by atoms with Gasteiger partial charge in [-0.05, 0) is 37.6 Å². The largest absolute Gasteiger partial charge is 0.452 e. The lowest BCUT2D eigenvalue weighted by Crippen LogP contribution is -2.41. The molecule has 2 rings (SSSR count). The van der Waals surface area contributed by atoms with Crippen molar-refractivity contribution in [1.82, 2.24) is 10.6 Å². The Hall–Kier alpha value is -3.68. The second-order valence-corrected chi connectivity index (χ2v) is 6.60. The summed E-state index contributed by atoms with van der Waals surface area (Å²) in [6.45, 7) is 3.67. The molecule has 0 aliphatic rings. The SMILES string of the molecule is CCCCNC(=O)NC(=O)COC(=O)c1ccccc1NC(=O)c1cccc(C)c1. The summed E-state index contributed by atoms with van der Waals surface area (Å²) in [6.07, 6.45) is 1.70. The molecule has 0 aliphatic heterocycles. The van der Waals surface area contributed by atoms with Crippen molar-refractivity contribution in [2.24, 2.45) is 0 Å². The fourth-order valence-corrected chi connectivity index (χ4v) is 2.55. The number of urea groups is 1. The van der Waals surface area contributed by atoms with E-state index in [2.05, 4.69) is 16.0 Å². The smallest absolute Gasteiger partial charge is 0.340 e. The van der Waals surface area contributed by atoms with Crippen LogP contribution in [0, 0.1) is 6.92 Å². The molecule has 3 N–H and O–H groups in total. The first-order chi connectivity index (χ1) is 14.4. The lowest BCUT2D eigenvalue weighted by molar-refractivity contribution is -0.123. The molecule has 30 heavy (non-hydrogen) atoms. The fraction of sp³-hybridized carbons (Fsp3) is 0.273. The predicted octanol–water partition coefficient (Wildman–Crippen LogP) is 3.03. The van der Waals surface area contributed by atoms with Gasteiger partial charge in [-0.1, -0.05) is 43.2 Å². The maximum absolute atomic E-state index is 12.5. The molecule has 8 heteroatoms. The molecule has 2 aromatic carbocycles. The number of carbonyl (C=O) groups is 4. The molecule has 4 amide bonds. The lowest BCUT2D eigenvalue weighted by atomic mass is 10.1. The van der Waals surface area contributed by atoms with Gasteiger partial charge in [0, 0.05) is 12.1 Å².